The van der Waals surface area contributed by atoms with Crippen molar-refractivity contribution in [3.8, 4) is 5.75 Å². The first-order valence-corrected chi connectivity index (χ1v) is 8.42. The summed E-state index contributed by atoms with van der Waals surface area (Å²) in [6.07, 6.45) is 0.984. The van der Waals surface area contributed by atoms with Gasteiger partial charge < -0.3 is 10.1 Å². The van der Waals surface area contributed by atoms with Crippen molar-refractivity contribution in [2.24, 2.45) is 0 Å². The van der Waals surface area contributed by atoms with Crippen LogP contribution in [0.3, 0.4) is 0 Å². The molecule has 1 aromatic carbocycles. The largest absolute Gasteiger partial charge is 0.496 e. The van der Waals surface area contributed by atoms with Gasteiger partial charge in [-0.25, -0.2) is 0 Å². The van der Waals surface area contributed by atoms with Crippen LogP contribution in [0, 0.1) is 6.92 Å². The van der Waals surface area contributed by atoms with Gasteiger partial charge in [-0.3, -0.25) is 0 Å². The van der Waals surface area contributed by atoms with Gasteiger partial charge in [0.15, 0.2) is 0 Å². The number of benzene rings is 1. The van der Waals surface area contributed by atoms with Crippen LogP contribution in [-0.2, 0) is 6.42 Å². The summed E-state index contributed by atoms with van der Waals surface area (Å²) in [5.74, 6) is 0.954. The van der Waals surface area contributed by atoms with Crippen molar-refractivity contribution < 1.29 is 4.74 Å². The average Bonchev–Trinajstić information content (AvgIpc) is 2.84. The van der Waals surface area contributed by atoms with E-state index in [-0.39, 0.29) is 0 Å². The zero-order valence-electron chi connectivity index (χ0n) is 12.1. The molecule has 0 saturated carbocycles. The van der Waals surface area contributed by atoms with E-state index < -0.39 is 0 Å². The molecule has 1 N–H and O–H groups in total. The first kappa shape index (κ1) is 15.5. The van der Waals surface area contributed by atoms with Crippen LogP contribution < -0.4 is 10.1 Å². The number of ether oxygens (including phenoxy) is 1. The Morgan fingerprint density at radius 2 is 2.15 bits per heavy atom. The number of nitrogens with one attached hydrogen (secondary N) is 1. The number of methoxy groups -OCH3 is 1. The minimum Gasteiger partial charge on any atom is -0.496 e. The highest BCUT2D eigenvalue weighted by Crippen LogP contribution is 2.30. The summed E-state index contributed by atoms with van der Waals surface area (Å²) < 4.78 is 6.64. The summed E-state index contributed by atoms with van der Waals surface area (Å²) in [7, 11) is 1.73. The molecule has 1 aromatic heterocycles. The number of thiophene rings is 1. The first-order chi connectivity index (χ1) is 9.65. The van der Waals surface area contributed by atoms with Crippen LogP contribution in [0.1, 0.15) is 29.0 Å². The molecule has 0 radical (unpaired) electrons. The summed E-state index contributed by atoms with van der Waals surface area (Å²) in [6.45, 7) is 5.16. The summed E-state index contributed by atoms with van der Waals surface area (Å²) in [4.78, 5) is 1.37. The quantitative estimate of drug-likeness (QED) is 0.810. The minimum absolute atomic E-state index is 0.310. The SMILES string of the molecule is CCNC(Cc1sccc1Br)c1ccc(C)c(OC)c1. The molecule has 2 nitrogen and oxygen atoms in total. The molecule has 1 unspecified atom stereocenters. The zero-order valence-corrected chi connectivity index (χ0v) is 14.5. The standard InChI is InChI=1S/C16H20BrNOS/c1-4-18-14(10-16-13(17)7-8-20-16)12-6-5-11(2)15(9-12)19-3/h5-9,14,18H,4,10H2,1-3H3. The van der Waals surface area contributed by atoms with Crippen molar-refractivity contribution in [1.82, 2.24) is 5.32 Å². The molecule has 2 aromatic rings. The van der Waals surface area contributed by atoms with Gasteiger partial charge in [0.05, 0.1) is 7.11 Å². The Hall–Kier alpha value is -0.840. The Kier molecular flexibility index (Phi) is 5.64. The lowest BCUT2D eigenvalue weighted by atomic mass is 10.0. The molecule has 1 heterocycles. The Labute approximate surface area is 133 Å². The second kappa shape index (κ2) is 7.25. The molecule has 108 valence electrons. The van der Waals surface area contributed by atoms with Gasteiger partial charge >= 0.3 is 0 Å². The summed E-state index contributed by atoms with van der Waals surface area (Å²) in [5, 5.41) is 5.69. The van der Waals surface area contributed by atoms with Crippen LogP contribution in [0.25, 0.3) is 0 Å². The van der Waals surface area contributed by atoms with Gasteiger partial charge in [-0.1, -0.05) is 19.1 Å². The molecule has 0 aliphatic rings. The Morgan fingerprint density at radius 1 is 1.35 bits per heavy atom. The van der Waals surface area contributed by atoms with E-state index in [2.05, 4.69) is 64.7 Å². The highest BCUT2D eigenvalue weighted by Gasteiger charge is 2.15. The molecule has 0 bridgehead atoms. The fourth-order valence-electron chi connectivity index (χ4n) is 2.26. The number of aryl methyl sites for hydroxylation is 1. The van der Waals surface area contributed by atoms with E-state index in [1.54, 1.807) is 18.4 Å². The molecule has 0 fully saturated rings. The summed E-state index contributed by atoms with van der Waals surface area (Å²) >= 11 is 5.41. The molecule has 0 aliphatic heterocycles. The van der Waals surface area contributed by atoms with Crippen LogP contribution >= 0.6 is 27.3 Å². The van der Waals surface area contributed by atoms with Gasteiger partial charge in [0, 0.05) is 21.8 Å². The van der Waals surface area contributed by atoms with E-state index in [0.717, 1.165) is 18.7 Å². The summed E-state index contributed by atoms with van der Waals surface area (Å²) in [6, 6.07) is 8.88. The van der Waals surface area contributed by atoms with E-state index in [1.807, 2.05) is 0 Å². The lowest BCUT2D eigenvalue weighted by Crippen LogP contribution is -2.22. The molecule has 0 saturated heterocycles. The normalized spacial score (nSPS) is 12.4. The van der Waals surface area contributed by atoms with Gasteiger partial charge in [-0.15, -0.1) is 11.3 Å². The zero-order chi connectivity index (χ0) is 14.5. The van der Waals surface area contributed by atoms with Crippen molar-refractivity contribution >= 4 is 27.3 Å². The van der Waals surface area contributed by atoms with E-state index in [1.165, 1.54) is 20.5 Å². The highest BCUT2D eigenvalue weighted by molar-refractivity contribution is 9.10. The molecule has 0 amide bonds. The third-order valence-electron chi connectivity index (χ3n) is 3.37. The molecule has 1 atom stereocenters. The van der Waals surface area contributed by atoms with E-state index in [4.69, 9.17) is 4.74 Å². The Morgan fingerprint density at radius 3 is 2.75 bits per heavy atom. The molecule has 20 heavy (non-hydrogen) atoms. The van der Waals surface area contributed by atoms with Crippen LogP contribution in [-0.4, -0.2) is 13.7 Å². The fourth-order valence-corrected chi connectivity index (χ4v) is 3.83. The van der Waals surface area contributed by atoms with Crippen molar-refractivity contribution in [3.05, 3.63) is 50.1 Å². The van der Waals surface area contributed by atoms with E-state index in [0.29, 0.717) is 6.04 Å². The van der Waals surface area contributed by atoms with Gasteiger partial charge in [0.25, 0.3) is 0 Å². The van der Waals surface area contributed by atoms with Gasteiger partial charge in [0.1, 0.15) is 5.75 Å². The van der Waals surface area contributed by atoms with Gasteiger partial charge in [-0.2, -0.15) is 0 Å². The third-order valence-corrected chi connectivity index (χ3v) is 5.31. The maximum atomic E-state index is 5.44. The molecule has 4 heteroatoms. The van der Waals surface area contributed by atoms with Crippen molar-refractivity contribution in [2.45, 2.75) is 26.3 Å². The monoisotopic (exact) mass is 353 g/mol. The topological polar surface area (TPSA) is 21.3 Å². The Bertz CT molecular complexity index is 567. The number of halogens is 1. The predicted octanol–water partition coefficient (Wildman–Crippen LogP) is 4.72. The second-order valence-corrected chi connectivity index (χ2v) is 6.59. The first-order valence-electron chi connectivity index (χ1n) is 6.75. The molecular formula is C16H20BrNOS. The second-order valence-electron chi connectivity index (χ2n) is 4.74. The number of rotatable bonds is 6. The summed E-state index contributed by atoms with van der Waals surface area (Å²) in [5.41, 5.74) is 2.44. The van der Waals surface area contributed by atoms with Gasteiger partial charge in [0.2, 0.25) is 0 Å². The Balaban J connectivity index is 2.26. The van der Waals surface area contributed by atoms with Crippen LogP contribution in [0.4, 0.5) is 0 Å². The highest BCUT2D eigenvalue weighted by atomic mass is 79.9. The molecule has 2 rings (SSSR count). The lowest BCUT2D eigenvalue weighted by molar-refractivity contribution is 0.410. The maximum Gasteiger partial charge on any atom is 0.122 e. The maximum absolute atomic E-state index is 5.44. The van der Waals surface area contributed by atoms with Crippen LogP contribution in [0.15, 0.2) is 34.1 Å². The molecular weight excluding hydrogens is 334 g/mol. The van der Waals surface area contributed by atoms with E-state index >= 15 is 0 Å². The van der Waals surface area contributed by atoms with Gasteiger partial charge in [-0.05, 0) is 58.0 Å². The number of likely N-dealkylation sites (N-methyl/N-ethyl adjacent to an activating group) is 1. The number of hydrogen-bond acceptors (Lipinski definition) is 3. The van der Waals surface area contributed by atoms with Crippen LogP contribution in [0.5, 0.6) is 5.75 Å². The van der Waals surface area contributed by atoms with E-state index in [9.17, 15) is 0 Å². The average molecular weight is 354 g/mol. The van der Waals surface area contributed by atoms with Crippen molar-refractivity contribution in [3.63, 3.8) is 0 Å². The van der Waals surface area contributed by atoms with Crippen molar-refractivity contribution in [2.75, 3.05) is 13.7 Å². The smallest absolute Gasteiger partial charge is 0.122 e. The van der Waals surface area contributed by atoms with Crippen molar-refractivity contribution in [1.29, 1.82) is 0 Å². The third kappa shape index (κ3) is 3.62. The molecule has 0 aliphatic carbocycles. The molecule has 0 spiro atoms. The lowest BCUT2D eigenvalue weighted by Gasteiger charge is -2.19. The number of hydrogen-bond donors (Lipinski definition) is 1. The fraction of sp³-hybridized carbons (Fsp3) is 0.375. The minimum atomic E-state index is 0.310. The van der Waals surface area contributed by atoms with Crippen LogP contribution in [0.2, 0.25) is 0 Å². The predicted molar refractivity (Wildman–Crippen MR) is 89.9 cm³/mol.